The van der Waals surface area contributed by atoms with Gasteiger partial charge in [0.05, 0.1) is 0 Å². The number of Topliss-reactive ketones (excluding diaryl/α,β-unsaturated/α-hetero) is 1. The molecule has 0 radical (unpaired) electrons. The van der Waals surface area contributed by atoms with Gasteiger partial charge in [-0.25, -0.2) is 0 Å². The predicted molar refractivity (Wildman–Crippen MR) is 75.4 cm³/mol. The lowest BCUT2D eigenvalue weighted by Crippen LogP contribution is -2.36. The molecule has 0 saturated carbocycles. The van der Waals surface area contributed by atoms with Crippen LogP contribution in [0.4, 0.5) is 0 Å². The van der Waals surface area contributed by atoms with Crippen LogP contribution in [0.25, 0.3) is 0 Å². The highest BCUT2D eigenvalue weighted by molar-refractivity contribution is 6.03. The van der Waals surface area contributed by atoms with Gasteiger partial charge in [0.25, 0.3) is 0 Å². The molecule has 0 bridgehead atoms. The van der Waals surface area contributed by atoms with Crippen LogP contribution in [0.1, 0.15) is 33.5 Å². The molecule has 0 atom stereocenters. The van der Waals surface area contributed by atoms with Crippen molar-refractivity contribution in [3.05, 3.63) is 70.8 Å². The Morgan fingerprint density at radius 3 is 2.05 bits per heavy atom. The lowest BCUT2D eigenvalue weighted by Gasteiger charge is -2.33. The summed E-state index contributed by atoms with van der Waals surface area (Å²) >= 11 is 0. The maximum Gasteiger partial charge on any atom is 0.169 e. The molecule has 1 nitrogen and oxygen atoms in total. The molecule has 2 aliphatic carbocycles. The van der Waals surface area contributed by atoms with Crippen LogP contribution in [0.2, 0.25) is 0 Å². The van der Waals surface area contributed by atoms with Crippen molar-refractivity contribution in [2.75, 3.05) is 0 Å². The fourth-order valence-electron chi connectivity index (χ4n) is 3.76. The Bertz CT molecular complexity index is 644. The molecular weight excluding hydrogens is 232 g/mol. The van der Waals surface area contributed by atoms with Crippen LogP contribution in [0.15, 0.2) is 48.5 Å². The van der Waals surface area contributed by atoms with Crippen molar-refractivity contribution in [2.45, 2.75) is 25.7 Å². The van der Waals surface area contributed by atoms with Gasteiger partial charge in [0.15, 0.2) is 5.78 Å². The monoisotopic (exact) mass is 248 g/mol. The second-order valence-corrected chi connectivity index (χ2v) is 5.89. The highest BCUT2D eigenvalue weighted by Crippen LogP contribution is 2.45. The van der Waals surface area contributed by atoms with E-state index in [2.05, 4.69) is 30.3 Å². The highest BCUT2D eigenvalue weighted by atomic mass is 16.1. The summed E-state index contributed by atoms with van der Waals surface area (Å²) in [5.41, 5.74) is 4.78. The van der Waals surface area contributed by atoms with Gasteiger partial charge in [0.1, 0.15) is 0 Å². The molecule has 0 fully saturated rings. The minimum atomic E-state index is -0.155. The molecule has 0 amide bonds. The van der Waals surface area contributed by atoms with E-state index >= 15 is 0 Å². The molecule has 2 aromatic carbocycles. The zero-order valence-electron chi connectivity index (χ0n) is 10.9. The average molecular weight is 248 g/mol. The summed E-state index contributed by atoms with van der Waals surface area (Å²) in [7, 11) is 0. The third-order valence-corrected chi connectivity index (χ3v) is 4.79. The lowest BCUT2D eigenvalue weighted by molar-refractivity contribution is 0.0771. The van der Waals surface area contributed by atoms with Crippen LogP contribution in [-0.4, -0.2) is 5.78 Å². The first-order valence-electron chi connectivity index (χ1n) is 6.98. The summed E-state index contributed by atoms with van der Waals surface area (Å²) in [6.45, 7) is 0. The molecule has 0 N–H and O–H groups in total. The van der Waals surface area contributed by atoms with Crippen molar-refractivity contribution in [1.29, 1.82) is 0 Å². The zero-order valence-corrected chi connectivity index (χ0v) is 10.9. The van der Waals surface area contributed by atoms with E-state index in [1.54, 1.807) is 0 Å². The molecule has 0 unspecified atom stereocenters. The van der Waals surface area contributed by atoms with Gasteiger partial charge in [-0.1, -0.05) is 48.5 Å². The van der Waals surface area contributed by atoms with Crippen molar-refractivity contribution >= 4 is 5.78 Å². The Morgan fingerprint density at radius 2 is 1.37 bits per heavy atom. The van der Waals surface area contributed by atoms with Crippen LogP contribution < -0.4 is 0 Å². The number of aryl methyl sites for hydroxylation is 1. The van der Waals surface area contributed by atoms with Gasteiger partial charge >= 0.3 is 0 Å². The van der Waals surface area contributed by atoms with E-state index in [0.717, 1.165) is 31.2 Å². The summed E-state index contributed by atoms with van der Waals surface area (Å²) in [5, 5.41) is 0. The molecule has 94 valence electrons. The van der Waals surface area contributed by atoms with Crippen LogP contribution in [0, 0.1) is 5.41 Å². The maximum atomic E-state index is 12.9. The third-order valence-electron chi connectivity index (χ3n) is 4.79. The summed E-state index contributed by atoms with van der Waals surface area (Å²) in [5.74, 6) is 0.366. The van der Waals surface area contributed by atoms with Crippen LogP contribution >= 0.6 is 0 Å². The fourth-order valence-corrected chi connectivity index (χ4v) is 3.76. The molecule has 0 aliphatic heterocycles. The second kappa shape index (κ2) is 3.80. The third kappa shape index (κ3) is 1.51. The van der Waals surface area contributed by atoms with Crippen molar-refractivity contribution in [2.24, 2.45) is 5.41 Å². The Morgan fingerprint density at radius 1 is 0.789 bits per heavy atom. The average Bonchev–Trinajstić information content (AvgIpc) is 2.83. The van der Waals surface area contributed by atoms with E-state index in [-0.39, 0.29) is 5.41 Å². The van der Waals surface area contributed by atoms with E-state index in [0.29, 0.717) is 5.78 Å². The Balaban J connectivity index is 1.78. The van der Waals surface area contributed by atoms with Crippen molar-refractivity contribution in [3.8, 4) is 0 Å². The predicted octanol–water partition coefficient (Wildman–Crippen LogP) is 3.60. The molecule has 0 aromatic heterocycles. The minimum absolute atomic E-state index is 0.155. The van der Waals surface area contributed by atoms with Gasteiger partial charge in [-0.05, 0) is 42.4 Å². The summed E-state index contributed by atoms with van der Waals surface area (Å²) in [6.07, 6.45) is 3.89. The maximum absolute atomic E-state index is 12.9. The summed E-state index contributed by atoms with van der Waals surface area (Å²) in [6, 6.07) is 16.6. The molecule has 0 saturated heterocycles. The number of fused-ring (bicyclic) bond motifs is 2. The van der Waals surface area contributed by atoms with E-state index in [1.165, 1.54) is 16.7 Å². The molecule has 0 heterocycles. The number of rotatable bonds is 0. The highest BCUT2D eigenvalue weighted by Gasteiger charge is 2.46. The number of carbonyl (C=O) groups excluding carboxylic acids is 1. The lowest BCUT2D eigenvalue weighted by atomic mass is 9.69. The molecule has 19 heavy (non-hydrogen) atoms. The van der Waals surface area contributed by atoms with E-state index in [1.807, 2.05) is 18.2 Å². The quantitative estimate of drug-likeness (QED) is 0.696. The SMILES string of the molecule is O=C1c2ccccc2CCC12Cc1ccccc1C2. The van der Waals surface area contributed by atoms with E-state index in [9.17, 15) is 4.79 Å². The Labute approximate surface area is 113 Å². The van der Waals surface area contributed by atoms with Crippen LogP contribution in [-0.2, 0) is 19.3 Å². The number of hydrogen-bond acceptors (Lipinski definition) is 1. The van der Waals surface area contributed by atoms with Gasteiger partial charge in [0.2, 0.25) is 0 Å². The van der Waals surface area contributed by atoms with E-state index in [4.69, 9.17) is 0 Å². The number of carbonyl (C=O) groups is 1. The van der Waals surface area contributed by atoms with Gasteiger partial charge in [-0.2, -0.15) is 0 Å². The van der Waals surface area contributed by atoms with Crippen molar-refractivity contribution < 1.29 is 4.79 Å². The standard InChI is InChI=1S/C18H16O/c19-17-16-8-4-3-5-13(16)9-10-18(17)11-14-6-1-2-7-15(14)12-18/h1-8H,9-12H2. The van der Waals surface area contributed by atoms with Crippen LogP contribution in [0.5, 0.6) is 0 Å². The first-order chi connectivity index (χ1) is 9.28. The molecule has 1 spiro atoms. The number of hydrogen-bond donors (Lipinski definition) is 0. The molecular formula is C18H16O. The first kappa shape index (κ1) is 11.0. The zero-order chi connectivity index (χ0) is 12.9. The van der Waals surface area contributed by atoms with Gasteiger partial charge in [-0.3, -0.25) is 4.79 Å². The fraction of sp³-hybridized carbons (Fsp3) is 0.278. The van der Waals surface area contributed by atoms with Crippen molar-refractivity contribution in [1.82, 2.24) is 0 Å². The number of ketones is 1. The molecule has 2 aliphatic rings. The number of benzene rings is 2. The molecule has 4 rings (SSSR count). The van der Waals surface area contributed by atoms with Crippen molar-refractivity contribution in [3.63, 3.8) is 0 Å². The minimum Gasteiger partial charge on any atom is -0.294 e. The Hall–Kier alpha value is -1.89. The van der Waals surface area contributed by atoms with Gasteiger partial charge in [0, 0.05) is 11.0 Å². The molecule has 2 aromatic rings. The van der Waals surface area contributed by atoms with E-state index < -0.39 is 0 Å². The normalized spacial score (nSPS) is 19.3. The van der Waals surface area contributed by atoms with Gasteiger partial charge < -0.3 is 0 Å². The first-order valence-corrected chi connectivity index (χ1v) is 6.98. The topological polar surface area (TPSA) is 17.1 Å². The van der Waals surface area contributed by atoms with Crippen LogP contribution in [0.3, 0.4) is 0 Å². The smallest absolute Gasteiger partial charge is 0.169 e. The molecule has 1 heteroatoms. The Kier molecular flexibility index (Phi) is 2.20. The van der Waals surface area contributed by atoms with Gasteiger partial charge in [-0.15, -0.1) is 0 Å². The summed E-state index contributed by atoms with van der Waals surface area (Å²) in [4.78, 5) is 12.9. The second-order valence-electron chi connectivity index (χ2n) is 5.89. The largest absolute Gasteiger partial charge is 0.294 e. The summed E-state index contributed by atoms with van der Waals surface area (Å²) < 4.78 is 0.